The summed E-state index contributed by atoms with van der Waals surface area (Å²) >= 11 is 0. The fourth-order valence-electron chi connectivity index (χ4n) is 2.99. The molecule has 0 saturated carbocycles. The maximum absolute atomic E-state index is 12.5. The number of hydrogen-bond donors (Lipinski definition) is 3. The lowest BCUT2D eigenvalue weighted by Crippen LogP contribution is -2.60. The molecule has 8 nitrogen and oxygen atoms in total. The van der Waals surface area contributed by atoms with Crippen molar-refractivity contribution in [3.05, 3.63) is 65.7 Å². The Labute approximate surface area is 168 Å². The van der Waals surface area contributed by atoms with Crippen LogP contribution in [0.2, 0.25) is 0 Å². The van der Waals surface area contributed by atoms with Crippen molar-refractivity contribution in [3.63, 3.8) is 0 Å². The Morgan fingerprint density at radius 1 is 1.03 bits per heavy atom. The standard InChI is InChI=1S/C21H24O8/c1-26-21-19(18(24)17(23)16(11-22)28-21)29-20(25)14-7-9-15(10-8-14)27-12-13-5-3-2-4-6-13/h2-10,16-19,21-24H,11-12H2,1H3/t16-,17-,18+,19-,21+/m1/s1. The Balaban J connectivity index is 1.61. The summed E-state index contributed by atoms with van der Waals surface area (Å²) in [6.07, 6.45) is -6.30. The minimum atomic E-state index is -1.47. The van der Waals surface area contributed by atoms with Crippen molar-refractivity contribution in [2.24, 2.45) is 0 Å². The number of hydrogen-bond acceptors (Lipinski definition) is 8. The van der Waals surface area contributed by atoms with Crippen molar-refractivity contribution in [1.82, 2.24) is 0 Å². The van der Waals surface area contributed by atoms with Crippen LogP contribution in [-0.2, 0) is 20.8 Å². The third-order valence-electron chi connectivity index (χ3n) is 4.64. The number of ether oxygens (including phenoxy) is 4. The molecule has 0 bridgehead atoms. The predicted molar refractivity (Wildman–Crippen MR) is 101 cm³/mol. The van der Waals surface area contributed by atoms with Crippen LogP contribution in [0.5, 0.6) is 5.75 Å². The van der Waals surface area contributed by atoms with Crippen molar-refractivity contribution in [2.45, 2.75) is 37.3 Å². The fourth-order valence-corrected chi connectivity index (χ4v) is 2.99. The second kappa shape index (κ2) is 9.82. The summed E-state index contributed by atoms with van der Waals surface area (Å²) < 4.78 is 21.4. The molecule has 1 fully saturated rings. The first-order valence-electron chi connectivity index (χ1n) is 9.16. The van der Waals surface area contributed by atoms with Crippen LogP contribution >= 0.6 is 0 Å². The van der Waals surface area contributed by atoms with Gasteiger partial charge in [-0.1, -0.05) is 30.3 Å². The first-order valence-corrected chi connectivity index (χ1v) is 9.16. The molecule has 1 heterocycles. The number of methoxy groups -OCH3 is 1. The number of carbonyl (C=O) groups is 1. The number of rotatable bonds is 7. The number of esters is 1. The maximum atomic E-state index is 12.5. The first-order chi connectivity index (χ1) is 14.0. The maximum Gasteiger partial charge on any atom is 0.338 e. The topological polar surface area (TPSA) is 115 Å². The average molecular weight is 404 g/mol. The van der Waals surface area contributed by atoms with Gasteiger partial charge in [-0.25, -0.2) is 4.79 Å². The normalized spacial score (nSPS) is 26.7. The highest BCUT2D eigenvalue weighted by Gasteiger charge is 2.46. The van der Waals surface area contributed by atoms with Crippen LogP contribution in [-0.4, -0.2) is 65.7 Å². The van der Waals surface area contributed by atoms with Crippen LogP contribution in [0.15, 0.2) is 54.6 Å². The Morgan fingerprint density at radius 2 is 1.72 bits per heavy atom. The van der Waals surface area contributed by atoms with Gasteiger partial charge in [0.25, 0.3) is 0 Å². The molecular formula is C21H24O8. The van der Waals surface area contributed by atoms with E-state index in [-0.39, 0.29) is 5.56 Å². The molecule has 8 heteroatoms. The molecule has 1 saturated heterocycles. The Hall–Kier alpha value is -2.49. The zero-order valence-corrected chi connectivity index (χ0v) is 15.9. The van der Waals surface area contributed by atoms with E-state index in [9.17, 15) is 20.1 Å². The molecule has 0 unspecified atom stereocenters. The zero-order chi connectivity index (χ0) is 20.8. The minimum Gasteiger partial charge on any atom is -0.489 e. The van der Waals surface area contributed by atoms with Gasteiger partial charge in [-0.15, -0.1) is 0 Å². The van der Waals surface area contributed by atoms with Gasteiger partial charge in [0, 0.05) is 7.11 Å². The summed E-state index contributed by atoms with van der Waals surface area (Å²) in [5.41, 5.74) is 1.26. The van der Waals surface area contributed by atoms with E-state index in [1.807, 2.05) is 30.3 Å². The van der Waals surface area contributed by atoms with E-state index in [0.29, 0.717) is 12.4 Å². The van der Waals surface area contributed by atoms with Crippen molar-refractivity contribution >= 4 is 5.97 Å². The minimum absolute atomic E-state index is 0.234. The van der Waals surface area contributed by atoms with E-state index in [1.165, 1.54) is 19.2 Å². The van der Waals surface area contributed by atoms with E-state index in [4.69, 9.17) is 18.9 Å². The first kappa shape index (κ1) is 21.2. The largest absolute Gasteiger partial charge is 0.489 e. The SMILES string of the molecule is CO[C@H]1O[C@H](CO)[C@@H](O)[C@H](O)[C@H]1OC(=O)c1ccc(OCc2ccccc2)cc1. The second-order valence-corrected chi connectivity index (χ2v) is 6.61. The highest BCUT2D eigenvalue weighted by atomic mass is 16.7. The number of aliphatic hydroxyl groups excluding tert-OH is 3. The lowest BCUT2D eigenvalue weighted by atomic mass is 9.99. The highest BCUT2D eigenvalue weighted by Crippen LogP contribution is 2.25. The van der Waals surface area contributed by atoms with E-state index in [0.717, 1.165) is 5.56 Å². The molecular weight excluding hydrogens is 380 g/mol. The Morgan fingerprint density at radius 3 is 2.34 bits per heavy atom. The van der Waals surface area contributed by atoms with E-state index < -0.39 is 43.3 Å². The van der Waals surface area contributed by atoms with Crippen molar-refractivity contribution in [1.29, 1.82) is 0 Å². The molecule has 3 rings (SSSR count). The number of aliphatic hydroxyl groups is 3. The summed E-state index contributed by atoms with van der Waals surface area (Å²) in [7, 11) is 1.31. The third-order valence-corrected chi connectivity index (χ3v) is 4.64. The van der Waals surface area contributed by atoms with Gasteiger partial charge < -0.3 is 34.3 Å². The smallest absolute Gasteiger partial charge is 0.338 e. The van der Waals surface area contributed by atoms with Crippen LogP contribution in [0.25, 0.3) is 0 Å². The van der Waals surface area contributed by atoms with Crippen molar-refractivity contribution in [2.75, 3.05) is 13.7 Å². The van der Waals surface area contributed by atoms with Crippen LogP contribution in [0.3, 0.4) is 0 Å². The van der Waals surface area contributed by atoms with Gasteiger partial charge in [0.15, 0.2) is 12.4 Å². The van der Waals surface area contributed by atoms with Crippen LogP contribution in [0, 0.1) is 0 Å². The van der Waals surface area contributed by atoms with Gasteiger partial charge >= 0.3 is 5.97 Å². The van der Waals surface area contributed by atoms with Gasteiger partial charge in [0.1, 0.15) is 30.7 Å². The van der Waals surface area contributed by atoms with Gasteiger partial charge in [-0.2, -0.15) is 0 Å². The Kier molecular flexibility index (Phi) is 7.18. The fraction of sp³-hybridized carbons (Fsp3) is 0.381. The van der Waals surface area contributed by atoms with Crippen LogP contribution in [0.4, 0.5) is 0 Å². The van der Waals surface area contributed by atoms with Crippen LogP contribution in [0.1, 0.15) is 15.9 Å². The molecule has 0 radical (unpaired) electrons. The van der Waals surface area contributed by atoms with E-state index in [2.05, 4.69) is 0 Å². The third kappa shape index (κ3) is 5.11. The van der Waals surface area contributed by atoms with Crippen LogP contribution < -0.4 is 4.74 Å². The second-order valence-electron chi connectivity index (χ2n) is 6.61. The van der Waals surface area contributed by atoms with Crippen molar-refractivity contribution in [3.8, 4) is 5.75 Å². The lowest BCUT2D eigenvalue weighted by molar-refractivity contribution is -0.293. The molecule has 0 aromatic heterocycles. The van der Waals surface area contributed by atoms with E-state index in [1.54, 1.807) is 12.1 Å². The molecule has 156 valence electrons. The van der Waals surface area contributed by atoms with Gasteiger partial charge in [0.05, 0.1) is 12.2 Å². The molecule has 29 heavy (non-hydrogen) atoms. The number of benzene rings is 2. The highest BCUT2D eigenvalue weighted by molar-refractivity contribution is 5.89. The van der Waals surface area contributed by atoms with Gasteiger partial charge in [0.2, 0.25) is 0 Å². The zero-order valence-electron chi connectivity index (χ0n) is 15.9. The molecule has 0 aliphatic carbocycles. The molecule has 5 atom stereocenters. The predicted octanol–water partition coefficient (Wildman–Crippen LogP) is 0.876. The molecule has 1 aliphatic rings. The lowest BCUT2D eigenvalue weighted by Gasteiger charge is -2.40. The summed E-state index contributed by atoms with van der Waals surface area (Å²) in [6, 6.07) is 16.0. The molecule has 2 aromatic carbocycles. The molecule has 3 N–H and O–H groups in total. The quantitative estimate of drug-likeness (QED) is 0.583. The molecule has 0 amide bonds. The van der Waals surface area contributed by atoms with E-state index >= 15 is 0 Å². The van der Waals surface area contributed by atoms with Gasteiger partial charge in [-0.3, -0.25) is 0 Å². The summed E-state index contributed by atoms with van der Waals surface area (Å²) in [6.45, 7) is -0.112. The molecule has 0 spiro atoms. The Bertz CT molecular complexity index is 777. The summed E-state index contributed by atoms with van der Waals surface area (Å²) in [5, 5.41) is 29.4. The summed E-state index contributed by atoms with van der Waals surface area (Å²) in [4.78, 5) is 12.5. The number of carbonyl (C=O) groups excluding carboxylic acids is 1. The molecule has 1 aliphatic heterocycles. The van der Waals surface area contributed by atoms with Crippen molar-refractivity contribution < 1.29 is 39.1 Å². The summed E-state index contributed by atoms with van der Waals surface area (Å²) in [5.74, 6) is -0.133. The average Bonchev–Trinajstić information content (AvgIpc) is 2.76. The van der Waals surface area contributed by atoms with Gasteiger partial charge in [-0.05, 0) is 29.8 Å². The monoisotopic (exact) mass is 404 g/mol. The molecule has 2 aromatic rings.